The van der Waals surface area contributed by atoms with Crippen molar-refractivity contribution in [2.75, 3.05) is 21.1 Å². The summed E-state index contributed by atoms with van der Waals surface area (Å²) >= 11 is 6.11. The third kappa shape index (κ3) is 4.07. The standard InChI is InChI=1S/C24H22ClN3O4S/c1-15-11-12-18(25)13-20(15)28-24(30)27(19-9-4-5-10-21(19)33(28,31)32)14-22(29)26-23-16(2)7-6-8-17(23)3/h4-13H,14H2,1-3H3,(H,26,29). The Morgan fingerprint density at radius 3 is 2.27 bits per heavy atom. The second kappa shape index (κ2) is 8.53. The number of anilines is 3. The van der Waals surface area contributed by atoms with Gasteiger partial charge in [-0.15, -0.1) is 0 Å². The van der Waals surface area contributed by atoms with Crippen molar-refractivity contribution in [1.82, 2.24) is 0 Å². The number of amides is 3. The molecule has 0 aromatic heterocycles. The Balaban J connectivity index is 1.77. The lowest BCUT2D eigenvalue weighted by Crippen LogP contribution is -2.53. The van der Waals surface area contributed by atoms with Gasteiger partial charge in [0.05, 0.1) is 11.4 Å². The molecular weight excluding hydrogens is 462 g/mol. The van der Waals surface area contributed by atoms with Gasteiger partial charge in [0.1, 0.15) is 11.4 Å². The molecule has 0 saturated carbocycles. The number of hydrogen-bond acceptors (Lipinski definition) is 4. The molecule has 9 heteroatoms. The first-order valence-corrected chi connectivity index (χ1v) is 12.0. The number of hydrogen-bond donors (Lipinski definition) is 1. The van der Waals surface area contributed by atoms with Crippen LogP contribution in [0, 0.1) is 20.8 Å². The number of sulfonamides is 1. The van der Waals surface area contributed by atoms with E-state index in [2.05, 4.69) is 5.32 Å². The fourth-order valence-corrected chi connectivity index (χ4v) is 5.65. The quantitative estimate of drug-likeness (QED) is 0.563. The van der Waals surface area contributed by atoms with Gasteiger partial charge in [-0.1, -0.05) is 48.0 Å². The summed E-state index contributed by atoms with van der Waals surface area (Å²) in [6, 6.07) is 15.6. The second-order valence-electron chi connectivity index (χ2n) is 7.85. The Morgan fingerprint density at radius 1 is 0.909 bits per heavy atom. The second-order valence-corrected chi connectivity index (χ2v) is 10.0. The number of nitrogens with zero attached hydrogens (tertiary/aromatic N) is 2. The fourth-order valence-electron chi connectivity index (χ4n) is 3.83. The molecule has 1 aliphatic heterocycles. The Morgan fingerprint density at radius 2 is 1.58 bits per heavy atom. The Kier molecular flexibility index (Phi) is 5.90. The minimum absolute atomic E-state index is 0.0659. The van der Waals surface area contributed by atoms with Crippen molar-refractivity contribution in [3.63, 3.8) is 0 Å². The zero-order chi connectivity index (χ0) is 23.9. The minimum Gasteiger partial charge on any atom is -0.324 e. The number of nitrogens with one attached hydrogen (secondary N) is 1. The summed E-state index contributed by atoms with van der Waals surface area (Å²) in [4.78, 5) is 27.6. The molecule has 7 nitrogen and oxygen atoms in total. The molecule has 0 saturated heterocycles. The normalized spacial score (nSPS) is 14.7. The van der Waals surface area contributed by atoms with Gasteiger partial charge in [0.15, 0.2) is 0 Å². The van der Waals surface area contributed by atoms with Crippen molar-refractivity contribution >= 4 is 50.6 Å². The number of carbonyl (C=O) groups is 2. The Bertz CT molecular complexity index is 1370. The molecule has 3 aromatic carbocycles. The molecule has 0 aliphatic carbocycles. The monoisotopic (exact) mass is 483 g/mol. The van der Waals surface area contributed by atoms with E-state index in [-0.39, 0.29) is 27.8 Å². The first kappa shape index (κ1) is 22.8. The molecule has 1 heterocycles. The molecule has 170 valence electrons. The number of aryl methyl sites for hydroxylation is 3. The number of urea groups is 1. The largest absolute Gasteiger partial charge is 0.343 e. The summed E-state index contributed by atoms with van der Waals surface area (Å²) < 4.78 is 27.6. The summed E-state index contributed by atoms with van der Waals surface area (Å²) in [5, 5.41) is 3.14. The van der Waals surface area contributed by atoms with Crippen LogP contribution in [0.15, 0.2) is 65.6 Å². The van der Waals surface area contributed by atoms with Gasteiger partial charge in [-0.2, -0.15) is 4.31 Å². The smallest absolute Gasteiger partial charge is 0.324 e. The minimum atomic E-state index is -4.21. The lowest BCUT2D eigenvalue weighted by atomic mass is 10.1. The van der Waals surface area contributed by atoms with Crippen LogP contribution in [-0.4, -0.2) is 26.9 Å². The predicted molar refractivity (Wildman–Crippen MR) is 130 cm³/mol. The van der Waals surface area contributed by atoms with Gasteiger partial charge in [0, 0.05) is 10.7 Å². The van der Waals surface area contributed by atoms with Crippen LogP contribution in [0.2, 0.25) is 5.02 Å². The van der Waals surface area contributed by atoms with E-state index in [0.29, 0.717) is 15.6 Å². The number of rotatable bonds is 4. The molecular formula is C24H22ClN3O4S. The molecule has 0 atom stereocenters. The highest BCUT2D eigenvalue weighted by Crippen LogP contribution is 2.39. The van der Waals surface area contributed by atoms with E-state index >= 15 is 0 Å². The average Bonchev–Trinajstić information content (AvgIpc) is 2.76. The van der Waals surface area contributed by atoms with Gasteiger partial charge in [-0.25, -0.2) is 13.2 Å². The van der Waals surface area contributed by atoms with Crippen molar-refractivity contribution in [1.29, 1.82) is 0 Å². The Labute approximate surface area is 197 Å². The Hall–Kier alpha value is -3.36. The van der Waals surface area contributed by atoms with Gasteiger partial charge >= 0.3 is 6.03 Å². The van der Waals surface area contributed by atoms with E-state index in [9.17, 15) is 18.0 Å². The van der Waals surface area contributed by atoms with Crippen LogP contribution >= 0.6 is 11.6 Å². The van der Waals surface area contributed by atoms with E-state index in [0.717, 1.165) is 11.1 Å². The third-order valence-electron chi connectivity index (χ3n) is 5.52. The van der Waals surface area contributed by atoms with Crippen molar-refractivity contribution in [3.8, 4) is 0 Å². The van der Waals surface area contributed by atoms with Crippen molar-refractivity contribution in [3.05, 3.63) is 82.4 Å². The van der Waals surface area contributed by atoms with Gasteiger partial charge in [-0.05, 0) is 61.7 Å². The maximum absolute atomic E-state index is 13.5. The van der Waals surface area contributed by atoms with Crippen molar-refractivity contribution in [2.24, 2.45) is 0 Å². The topological polar surface area (TPSA) is 86.8 Å². The van der Waals surface area contributed by atoms with Crippen LogP contribution in [0.5, 0.6) is 0 Å². The average molecular weight is 484 g/mol. The first-order valence-electron chi connectivity index (χ1n) is 10.2. The molecule has 4 rings (SSSR count). The highest BCUT2D eigenvalue weighted by Gasteiger charge is 2.43. The van der Waals surface area contributed by atoms with Gasteiger partial charge < -0.3 is 5.32 Å². The van der Waals surface area contributed by atoms with Gasteiger partial charge in [-0.3, -0.25) is 9.69 Å². The van der Waals surface area contributed by atoms with E-state index in [4.69, 9.17) is 11.6 Å². The first-order chi connectivity index (χ1) is 15.6. The zero-order valence-electron chi connectivity index (χ0n) is 18.3. The van der Waals surface area contributed by atoms with Crippen LogP contribution in [0.25, 0.3) is 0 Å². The molecule has 3 aromatic rings. The molecule has 33 heavy (non-hydrogen) atoms. The van der Waals surface area contributed by atoms with Gasteiger partial charge in [0.2, 0.25) is 5.91 Å². The summed E-state index contributed by atoms with van der Waals surface area (Å²) in [6.45, 7) is 5.07. The maximum Gasteiger partial charge on any atom is 0.343 e. The number of para-hydroxylation sites is 2. The molecule has 0 unspecified atom stereocenters. The lowest BCUT2D eigenvalue weighted by molar-refractivity contribution is -0.114. The summed E-state index contributed by atoms with van der Waals surface area (Å²) in [7, 11) is -4.21. The molecule has 1 aliphatic rings. The van der Waals surface area contributed by atoms with E-state index in [1.807, 2.05) is 32.0 Å². The summed E-state index contributed by atoms with van der Waals surface area (Å²) in [6.07, 6.45) is 0. The number of carbonyl (C=O) groups excluding carboxylic acids is 2. The number of benzene rings is 3. The van der Waals surface area contributed by atoms with E-state index in [1.54, 1.807) is 31.2 Å². The van der Waals surface area contributed by atoms with Crippen molar-refractivity contribution < 1.29 is 18.0 Å². The summed E-state index contributed by atoms with van der Waals surface area (Å²) in [5.74, 6) is -0.447. The SMILES string of the molecule is Cc1ccc(Cl)cc1N1C(=O)N(CC(=O)Nc2c(C)cccc2C)c2ccccc2S1(=O)=O. The lowest BCUT2D eigenvalue weighted by Gasteiger charge is -2.36. The van der Waals surface area contributed by atoms with E-state index < -0.39 is 22.0 Å². The van der Waals surface area contributed by atoms with Crippen molar-refractivity contribution in [2.45, 2.75) is 25.7 Å². The van der Waals surface area contributed by atoms with Crippen LogP contribution in [0.3, 0.4) is 0 Å². The maximum atomic E-state index is 13.5. The number of fused-ring (bicyclic) bond motifs is 1. The predicted octanol–water partition coefficient (Wildman–Crippen LogP) is 5.04. The fraction of sp³-hybridized carbons (Fsp3) is 0.167. The molecule has 0 spiro atoms. The van der Waals surface area contributed by atoms with Crippen LogP contribution in [0.1, 0.15) is 16.7 Å². The van der Waals surface area contributed by atoms with Gasteiger partial charge in [0.25, 0.3) is 10.0 Å². The van der Waals surface area contributed by atoms with Crippen LogP contribution in [0.4, 0.5) is 21.9 Å². The van der Waals surface area contributed by atoms with Crippen LogP contribution in [-0.2, 0) is 14.8 Å². The number of halogens is 1. The highest BCUT2D eigenvalue weighted by molar-refractivity contribution is 7.94. The summed E-state index contributed by atoms with van der Waals surface area (Å²) in [5.41, 5.74) is 3.27. The van der Waals surface area contributed by atoms with E-state index in [1.165, 1.54) is 23.1 Å². The highest BCUT2D eigenvalue weighted by atomic mass is 35.5. The molecule has 0 fully saturated rings. The molecule has 0 bridgehead atoms. The van der Waals surface area contributed by atoms with Crippen LogP contribution < -0.4 is 14.5 Å². The molecule has 1 N–H and O–H groups in total. The molecule has 3 amide bonds. The third-order valence-corrected chi connectivity index (χ3v) is 7.49. The zero-order valence-corrected chi connectivity index (χ0v) is 19.9. The molecule has 0 radical (unpaired) electrons.